The van der Waals surface area contributed by atoms with Gasteiger partial charge in [0.15, 0.2) is 0 Å². The third-order valence-electron chi connectivity index (χ3n) is 6.25. The maximum Gasteiger partial charge on any atom is 0.243 e. The van der Waals surface area contributed by atoms with E-state index in [-0.39, 0.29) is 10.8 Å². The fourth-order valence-corrected chi connectivity index (χ4v) is 5.95. The number of carbonyl (C=O) groups is 1. The van der Waals surface area contributed by atoms with Crippen LogP contribution in [-0.4, -0.2) is 46.7 Å². The van der Waals surface area contributed by atoms with Crippen LogP contribution in [0.2, 0.25) is 0 Å². The Labute approximate surface area is 198 Å². The van der Waals surface area contributed by atoms with Gasteiger partial charge in [-0.05, 0) is 60.4 Å². The fourth-order valence-electron chi connectivity index (χ4n) is 4.41. The van der Waals surface area contributed by atoms with Gasteiger partial charge < -0.3 is 5.32 Å². The Kier molecular flexibility index (Phi) is 6.30. The van der Waals surface area contributed by atoms with Crippen LogP contribution in [0, 0.1) is 0 Å². The molecule has 0 atom stereocenters. The third-order valence-corrected chi connectivity index (χ3v) is 8.14. The molecule has 0 radical (unpaired) electrons. The van der Waals surface area contributed by atoms with Crippen molar-refractivity contribution >= 4 is 43.4 Å². The number of nitrogens with one attached hydrogen (secondary N) is 1. The number of aromatic nitrogens is 3. The Balaban J connectivity index is 1.20. The first-order chi connectivity index (χ1) is 16.5. The molecule has 1 aliphatic heterocycles. The zero-order valence-electron chi connectivity index (χ0n) is 18.9. The van der Waals surface area contributed by atoms with Crippen LogP contribution in [0.5, 0.6) is 0 Å². The van der Waals surface area contributed by atoms with Gasteiger partial charge in [-0.15, -0.1) is 5.10 Å². The summed E-state index contributed by atoms with van der Waals surface area (Å²) >= 11 is 0. The highest BCUT2D eigenvalue weighted by atomic mass is 32.2. The topological polar surface area (TPSA) is 97.2 Å². The van der Waals surface area contributed by atoms with Gasteiger partial charge in [-0.2, -0.15) is 4.31 Å². The van der Waals surface area contributed by atoms with Crippen molar-refractivity contribution in [2.24, 2.45) is 0 Å². The summed E-state index contributed by atoms with van der Waals surface area (Å²) in [6, 6.07) is 18.8. The minimum absolute atomic E-state index is 0.0605. The number of rotatable bonds is 7. The van der Waals surface area contributed by atoms with E-state index in [2.05, 4.69) is 15.6 Å². The maximum absolute atomic E-state index is 12.9. The molecule has 0 bridgehead atoms. The summed E-state index contributed by atoms with van der Waals surface area (Å²) in [5.74, 6) is -0.0605. The number of sulfonamides is 1. The molecule has 4 aromatic rings. The van der Waals surface area contributed by atoms with Gasteiger partial charge in [0.1, 0.15) is 5.52 Å². The van der Waals surface area contributed by atoms with Crippen LogP contribution in [0.4, 0.5) is 5.69 Å². The zero-order valence-corrected chi connectivity index (χ0v) is 19.7. The molecule has 1 aromatic heterocycles. The smallest absolute Gasteiger partial charge is 0.243 e. The van der Waals surface area contributed by atoms with Gasteiger partial charge in [-0.3, -0.25) is 4.79 Å². The van der Waals surface area contributed by atoms with Crippen LogP contribution in [0.1, 0.15) is 32.1 Å². The number of hydrogen-bond acceptors (Lipinski definition) is 5. The van der Waals surface area contributed by atoms with E-state index in [4.69, 9.17) is 0 Å². The second-order valence-electron chi connectivity index (χ2n) is 8.64. The van der Waals surface area contributed by atoms with Crippen molar-refractivity contribution in [1.29, 1.82) is 0 Å². The standard InChI is InChI=1S/C25H27N5O3S/c31-25(26-21-11-10-19-7-2-3-8-20(19)17-21)9-6-16-30-24-13-12-22(18-23(24)27-28-30)34(32,33)29-14-4-1-5-15-29/h2-3,7-8,10-13,17-18H,1,4-6,9,14-16H2,(H,26,31). The van der Waals surface area contributed by atoms with Gasteiger partial charge in [0.25, 0.3) is 0 Å². The van der Waals surface area contributed by atoms with Gasteiger partial charge >= 0.3 is 0 Å². The molecular formula is C25H27N5O3S. The lowest BCUT2D eigenvalue weighted by molar-refractivity contribution is -0.116. The summed E-state index contributed by atoms with van der Waals surface area (Å²) in [7, 11) is -3.51. The molecule has 2 heterocycles. The van der Waals surface area contributed by atoms with Crippen LogP contribution >= 0.6 is 0 Å². The number of benzene rings is 3. The largest absolute Gasteiger partial charge is 0.326 e. The lowest BCUT2D eigenvalue weighted by Crippen LogP contribution is -2.35. The summed E-state index contributed by atoms with van der Waals surface area (Å²) in [6.45, 7) is 1.64. The van der Waals surface area contributed by atoms with E-state index >= 15 is 0 Å². The number of nitrogens with zero attached hydrogens (tertiary/aromatic N) is 4. The molecule has 176 valence electrons. The zero-order chi connectivity index (χ0) is 23.5. The first-order valence-corrected chi connectivity index (χ1v) is 13.1. The van der Waals surface area contributed by atoms with Crippen molar-refractivity contribution < 1.29 is 13.2 Å². The first-order valence-electron chi connectivity index (χ1n) is 11.6. The SMILES string of the molecule is O=C(CCCn1nnc2cc(S(=O)(=O)N3CCCCC3)ccc21)Nc1ccc2ccccc2c1. The van der Waals surface area contributed by atoms with E-state index in [0.717, 1.165) is 41.2 Å². The van der Waals surface area contributed by atoms with Gasteiger partial charge in [0.05, 0.1) is 10.4 Å². The number of carbonyl (C=O) groups excluding carboxylic acids is 1. The van der Waals surface area contributed by atoms with Crippen LogP contribution in [0.15, 0.2) is 65.6 Å². The monoisotopic (exact) mass is 477 g/mol. The third kappa shape index (κ3) is 4.67. The second-order valence-corrected chi connectivity index (χ2v) is 10.6. The van der Waals surface area contributed by atoms with E-state index < -0.39 is 10.0 Å². The summed E-state index contributed by atoms with van der Waals surface area (Å²) in [4.78, 5) is 12.7. The highest BCUT2D eigenvalue weighted by Gasteiger charge is 2.26. The Bertz CT molecular complexity index is 1440. The molecule has 1 saturated heterocycles. The lowest BCUT2D eigenvalue weighted by Gasteiger charge is -2.25. The van der Waals surface area contributed by atoms with Crippen molar-refractivity contribution in [3.63, 3.8) is 0 Å². The summed E-state index contributed by atoms with van der Waals surface area (Å²) in [5.41, 5.74) is 2.07. The first kappa shape index (κ1) is 22.5. The van der Waals surface area contributed by atoms with Gasteiger partial charge in [-0.1, -0.05) is 42.0 Å². The molecule has 9 heteroatoms. The maximum atomic E-state index is 12.9. The number of fused-ring (bicyclic) bond motifs is 2. The Morgan fingerprint density at radius 3 is 2.56 bits per heavy atom. The van der Waals surface area contributed by atoms with E-state index in [1.807, 2.05) is 42.5 Å². The summed E-state index contributed by atoms with van der Waals surface area (Å²) in [5, 5.41) is 13.5. The van der Waals surface area contributed by atoms with E-state index in [1.165, 1.54) is 0 Å². The van der Waals surface area contributed by atoms with Crippen molar-refractivity contribution in [2.45, 2.75) is 43.5 Å². The summed E-state index contributed by atoms with van der Waals surface area (Å²) < 4.78 is 29.1. The molecule has 34 heavy (non-hydrogen) atoms. The van der Waals surface area contributed by atoms with Crippen molar-refractivity contribution in [1.82, 2.24) is 19.3 Å². The Morgan fingerprint density at radius 1 is 0.941 bits per heavy atom. The molecular weight excluding hydrogens is 450 g/mol. The molecule has 0 saturated carbocycles. The average molecular weight is 478 g/mol. The van der Waals surface area contributed by atoms with Crippen molar-refractivity contribution in [3.05, 3.63) is 60.7 Å². The average Bonchev–Trinajstić information content (AvgIpc) is 3.27. The van der Waals surface area contributed by atoms with Gasteiger partial charge in [0, 0.05) is 31.7 Å². The summed E-state index contributed by atoms with van der Waals surface area (Å²) in [6.07, 6.45) is 3.79. The highest BCUT2D eigenvalue weighted by molar-refractivity contribution is 7.89. The molecule has 1 aliphatic rings. The predicted molar refractivity (Wildman–Crippen MR) is 132 cm³/mol. The van der Waals surface area contributed by atoms with Crippen molar-refractivity contribution in [3.8, 4) is 0 Å². The van der Waals surface area contributed by atoms with Crippen LogP contribution in [-0.2, 0) is 21.4 Å². The molecule has 0 unspecified atom stereocenters. The van der Waals surface area contributed by atoms with E-state index in [9.17, 15) is 13.2 Å². The molecule has 0 aliphatic carbocycles. The minimum atomic E-state index is -3.51. The fraction of sp³-hybridized carbons (Fsp3) is 0.320. The quantitative estimate of drug-likeness (QED) is 0.431. The highest BCUT2D eigenvalue weighted by Crippen LogP contribution is 2.24. The van der Waals surface area contributed by atoms with Crippen LogP contribution in [0.3, 0.4) is 0 Å². The second kappa shape index (κ2) is 9.52. The molecule has 1 amide bonds. The number of amides is 1. The van der Waals surface area contributed by atoms with E-state index in [1.54, 1.807) is 27.2 Å². The minimum Gasteiger partial charge on any atom is -0.326 e. The Morgan fingerprint density at radius 2 is 1.74 bits per heavy atom. The van der Waals surface area contributed by atoms with Gasteiger partial charge in [-0.25, -0.2) is 13.1 Å². The normalized spacial score (nSPS) is 15.1. The van der Waals surface area contributed by atoms with E-state index in [0.29, 0.717) is 38.0 Å². The Hall–Kier alpha value is -3.30. The number of aryl methyl sites for hydroxylation is 1. The van der Waals surface area contributed by atoms with Crippen LogP contribution in [0.25, 0.3) is 21.8 Å². The number of hydrogen-bond donors (Lipinski definition) is 1. The molecule has 0 spiro atoms. The number of anilines is 1. The molecule has 3 aromatic carbocycles. The molecule has 5 rings (SSSR count). The predicted octanol–water partition coefficient (Wildman–Crippen LogP) is 4.18. The van der Waals surface area contributed by atoms with Crippen LogP contribution < -0.4 is 5.32 Å². The molecule has 1 fully saturated rings. The molecule has 1 N–H and O–H groups in total. The van der Waals surface area contributed by atoms with Crippen molar-refractivity contribution in [2.75, 3.05) is 18.4 Å². The number of piperidine rings is 1. The lowest BCUT2D eigenvalue weighted by atomic mass is 10.1. The molecule has 8 nitrogen and oxygen atoms in total. The van der Waals surface area contributed by atoms with Gasteiger partial charge in [0.2, 0.25) is 15.9 Å².